The van der Waals surface area contributed by atoms with E-state index in [-0.39, 0.29) is 0 Å². The van der Waals surface area contributed by atoms with E-state index in [0.29, 0.717) is 0 Å². The molecule has 0 fully saturated rings. The molecule has 0 N–H and O–H groups in total. The van der Waals surface area contributed by atoms with Crippen LogP contribution >= 0.6 is 21.6 Å². The molecule has 1 atom stereocenters. The van der Waals surface area contributed by atoms with Crippen molar-refractivity contribution < 1.29 is 0 Å². The molecule has 1 aromatic rings. The quantitative estimate of drug-likeness (QED) is 0.461. The molecular weight excluding hydrogens is 260 g/mol. The van der Waals surface area contributed by atoms with E-state index in [9.17, 15) is 0 Å². The van der Waals surface area contributed by atoms with Gasteiger partial charge in [0.1, 0.15) is 0 Å². The van der Waals surface area contributed by atoms with E-state index in [0.717, 1.165) is 11.1 Å². The van der Waals surface area contributed by atoms with Gasteiger partial charge in [0.15, 0.2) is 0 Å². The zero-order valence-electron chi connectivity index (χ0n) is 12.0. The highest BCUT2D eigenvalue weighted by atomic mass is 35.5. The second-order valence-corrected chi connectivity index (χ2v) is 10.4. The van der Waals surface area contributed by atoms with Crippen LogP contribution in [0.25, 0.3) is 0 Å². The van der Waals surface area contributed by atoms with Crippen molar-refractivity contribution in [1.82, 2.24) is 0 Å². The van der Waals surface area contributed by atoms with Crippen molar-refractivity contribution in [1.29, 1.82) is 0 Å². The van der Waals surface area contributed by atoms with E-state index in [1.54, 1.807) is 0 Å². The lowest BCUT2D eigenvalue weighted by Gasteiger charge is -2.38. The van der Waals surface area contributed by atoms with Crippen LogP contribution in [-0.4, -0.2) is 29.4 Å². The third-order valence-corrected chi connectivity index (χ3v) is 7.85. The van der Waals surface area contributed by atoms with Gasteiger partial charge < -0.3 is 0 Å². The zero-order chi connectivity index (χ0) is 13.4. The molecule has 0 nitrogen and oxygen atoms in total. The molecule has 0 amide bonds. The Labute approximate surface area is 119 Å². The molecule has 0 saturated carbocycles. The van der Waals surface area contributed by atoms with E-state index < -0.39 is 10.0 Å². The maximum atomic E-state index is 5.76. The Bertz CT molecular complexity index is 321. The normalized spacial score (nSPS) is 14.4. The molecule has 1 aromatic carbocycles. The number of alkyl halides is 1. The molecule has 0 bridgehead atoms. The van der Waals surface area contributed by atoms with Crippen molar-refractivity contribution >= 4 is 21.6 Å². The van der Waals surface area contributed by atoms with Crippen molar-refractivity contribution in [3.05, 3.63) is 35.9 Å². The first-order valence-corrected chi connectivity index (χ1v) is 10.1. The van der Waals surface area contributed by atoms with E-state index in [1.165, 1.54) is 37.0 Å². The predicted octanol–water partition coefficient (Wildman–Crippen LogP) is 5.09. The van der Waals surface area contributed by atoms with E-state index in [4.69, 9.17) is 11.6 Å². The summed E-state index contributed by atoms with van der Waals surface area (Å²) in [4.78, 5) is 0. The summed E-state index contributed by atoms with van der Waals surface area (Å²) in [6.07, 6.45) is 9.96. The molecule has 0 aromatic heterocycles. The summed E-state index contributed by atoms with van der Waals surface area (Å²) in [7, 11) is -0.461. The maximum Gasteiger partial charge on any atom is 0.0223 e. The number of aryl methyl sites for hydroxylation is 1. The number of halogens is 1. The Kier molecular flexibility index (Phi) is 7.18. The van der Waals surface area contributed by atoms with Gasteiger partial charge in [-0.15, -0.1) is 11.6 Å². The van der Waals surface area contributed by atoms with Gasteiger partial charge in [0, 0.05) is 5.88 Å². The Morgan fingerprint density at radius 3 is 2.39 bits per heavy atom. The molecule has 2 heteroatoms. The van der Waals surface area contributed by atoms with Crippen LogP contribution in [0.5, 0.6) is 0 Å². The average Bonchev–Trinajstić information content (AvgIpc) is 2.37. The Hall–Kier alpha value is -0.140. The summed E-state index contributed by atoms with van der Waals surface area (Å²) in [5.74, 6) is 2.18. The lowest BCUT2D eigenvalue weighted by Crippen LogP contribution is -2.17. The first-order chi connectivity index (χ1) is 8.56. The standard InChI is InChI=1S/C16H27ClS/c1-15(18(2,3)14-8-7-13-17)11-12-16-9-5-4-6-10-16/h4-6,9-10,15H,7-8,11-14H2,1-3H3. The fourth-order valence-electron chi connectivity index (χ4n) is 2.10. The van der Waals surface area contributed by atoms with Crippen LogP contribution in [0.15, 0.2) is 30.3 Å². The van der Waals surface area contributed by atoms with Gasteiger partial charge in [0.25, 0.3) is 0 Å². The van der Waals surface area contributed by atoms with Crippen molar-refractivity contribution in [2.24, 2.45) is 0 Å². The summed E-state index contributed by atoms with van der Waals surface area (Å²) in [5, 5.41) is 0.841. The predicted molar refractivity (Wildman–Crippen MR) is 88.5 cm³/mol. The van der Waals surface area contributed by atoms with E-state index in [2.05, 4.69) is 49.8 Å². The smallest absolute Gasteiger partial charge is 0.0223 e. The number of hydrogen-bond donors (Lipinski definition) is 0. The van der Waals surface area contributed by atoms with Crippen molar-refractivity contribution in [2.75, 3.05) is 24.1 Å². The second-order valence-electron chi connectivity index (χ2n) is 5.56. The molecule has 0 saturated heterocycles. The van der Waals surface area contributed by atoms with E-state index >= 15 is 0 Å². The van der Waals surface area contributed by atoms with Crippen LogP contribution < -0.4 is 0 Å². The van der Waals surface area contributed by atoms with Crippen LogP contribution in [0.1, 0.15) is 31.7 Å². The highest BCUT2D eigenvalue weighted by Gasteiger charge is 2.19. The van der Waals surface area contributed by atoms with Crippen LogP contribution in [0, 0.1) is 0 Å². The second kappa shape index (κ2) is 8.12. The lowest BCUT2D eigenvalue weighted by molar-refractivity contribution is 0.796. The van der Waals surface area contributed by atoms with Gasteiger partial charge in [-0.2, -0.15) is 0 Å². The molecule has 1 rings (SSSR count). The molecule has 0 aliphatic heterocycles. The van der Waals surface area contributed by atoms with Gasteiger partial charge in [-0.25, -0.2) is 10.0 Å². The fraction of sp³-hybridized carbons (Fsp3) is 0.625. The molecule has 104 valence electrons. The number of rotatable bonds is 8. The zero-order valence-corrected chi connectivity index (χ0v) is 13.6. The fourth-order valence-corrected chi connectivity index (χ4v) is 4.40. The number of hydrogen-bond acceptors (Lipinski definition) is 0. The summed E-state index contributed by atoms with van der Waals surface area (Å²) in [5.41, 5.74) is 1.47. The molecule has 0 radical (unpaired) electrons. The number of benzene rings is 1. The molecule has 1 unspecified atom stereocenters. The van der Waals surface area contributed by atoms with Gasteiger partial charge in [0.2, 0.25) is 0 Å². The van der Waals surface area contributed by atoms with Crippen molar-refractivity contribution in [3.63, 3.8) is 0 Å². The van der Waals surface area contributed by atoms with Crippen molar-refractivity contribution in [2.45, 2.75) is 37.9 Å². The summed E-state index contributed by atoms with van der Waals surface area (Å²) in [6, 6.07) is 10.8. The third-order valence-electron chi connectivity index (χ3n) is 3.83. The average molecular weight is 287 g/mol. The minimum absolute atomic E-state index is 0.461. The topological polar surface area (TPSA) is 0 Å². The lowest BCUT2D eigenvalue weighted by atomic mass is 10.1. The summed E-state index contributed by atoms with van der Waals surface area (Å²) in [6.45, 7) is 2.43. The van der Waals surface area contributed by atoms with Gasteiger partial charge >= 0.3 is 0 Å². The largest absolute Gasteiger partial charge is 0.244 e. The van der Waals surface area contributed by atoms with Gasteiger partial charge in [-0.3, -0.25) is 0 Å². The molecule has 0 aliphatic carbocycles. The van der Waals surface area contributed by atoms with E-state index in [1.807, 2.05) is 0 Å². The number of unbranched alkanes of at least 4 members (excludes halogenated alkanes) is 1. The van der Waals surface area contributed by atoms with Gasteiger partial charge in [-0.05, 0) is 54.8 Å². The van der Waals surface area contributed by atoms with Crippen LogP contribution in [0.2, 0.25) is 0 Å². The first kappa shape index (κ1) is 15.9. The Balaban J connectivity index is 2.36. The third kappa shape index (κ3) is 5.67. The molecule has 0 spiro atoms. The summed E-state index contributed by atoms with van der Waals surface area (Å²) < 4.78 is 0. The minimum atomic E-state index is -0.461. The van der Waals surface area contributed by atoms with Gasteiger partial charge in [0.05, 0.1) is 0 Å². The monoisotopic (exact) mass is 286 g/mol. The van der Waals surface area contributed by atoms with Crippen LogP contribution in [0.3, 0.4) is 0 Å². The Morgan fingerprint density at radius 2 is 1.78 bits per heavy atom. The molecule has 0 heterocycles. The SMILES string of the molecule is CC(CCc1ccccc1)S(C)(C)CCCCCl. The van der Waals surface area contributed by atoms with Crippen molar-refractivity contribution in [3.8, 4) is 0 Å². The summed E-state index contributed by atoms with van der Waals surface area (Å²) >= 11 is 5.76. The minimum Gasteiger partial charge on any atom is -0.244 e. The highest BCUT2D eigenvalue weighted by Crippen LogP contribution is 2.47. The molecular formula is C16H27ClS. The Morgan fingerprint density at radius 1 is 1.11 bits per heavy atom. The molecule has 18 heavy (non-hydrogen) atoms. The maximum absolute atomic E-state index is 5.76. The van der Waals surface area contributed by atoms with Gasteiger partial charge in [-0.1, -0.05) is 37.3 Å². The highest BCUT2D eigenvalue weighted by molar-refractivity contribution is 8.33. The molecule has 0 aliphatic rings. The van der Waals surface area contributed by atoms with Crippen LogP contribution in [-0.2, 0) is 6.42 Å². The first-order valence-electron chi connectivity index (χ1n) is 6.86. The van der Waals surface area contributed by atoms with Crippen LogP contribution in [0.4, 0.5) is 0 Å².